The second-order valence-corrected chi connectivity index (χ2v) is 15.7. The molecule has 3 aliphatic rings. The Morgan fingerprint density at radius 3 is 2.30 bits per heavy atom. The Morgan fingerprint density at radius 2 is 1.55 bits per heavy atom. The van der Waals surface area contributed by atoms with Crippen LogP contribution < -0.4 is 16.8 Å². The summed E-state index contributed by atoms with van der Waals surface area (Å²) in [5.74, 6) is 3.48. The van der Waals surface area contributed by atoms with Crippen molar-refractivity contribution in [1.82, 2.24) is 5.32 Å². The van der Waals surface area contributed by atoms with E-state index in [-0.39, 0.29) is 17.6 Å². The van der Waals surface area contributed by atoms with Crippen molar-refractivity contribution in [3.8, 4) is 0 Å². The van der Waals surface area contributed by atoms with Gasteiger partial charge in [0.05, 0.1) is 18.3 Å². The number of ether oxygens (including phenoxy) is 2. The smallest absolute Gasteiger partial charge is 0.0611 e. The van der Waals surface area contributed by atoms with Gasteiger partial charge in [-0.25, -0.2) is 0 Å². The molecule has 0 aromatic rings. The molecule has 3 rings (SSSR count). The van der Waals surface area contributed by atoms with Crippen LogP contribution in [-0.2, 0) is 9.47 Å². The molecule has 3 saturated carbocycles. The van der Waals surface area contributed by atoms with E-state index in [9.17, 15) is 5.11 Å². The molecule has 10 atom stereocenters. The molecule has 0 aliphatic heterocycles. The first kappa shape index (κ1) is 38.2. The maximum absolute atomic E-state index is 11.7. The fraction of sp³-hybridized carbons (Fsp3) is 1.00. The van der Waals surface area contributed by atoms with E-state index < -0.39 is 0 Å². The molecule has 3 aliphatic carbocycles. The highest BCUT2D eigenvalue weighted by Gasteiger charge is 2.56. The van der Waals surface area contributed by atoms with Crippen LogP contribution in [-0.4, -0.2) is 62.8 Å². The van der Waals surface area contributed by atoms with Crippen LogP contribution in [0.3, 0.4) is 0 Å². The quantitative estimate of drug-likeness (QED) is 0.105. The molecule has 0 saturated heterocycles. The second kappa shape index (κ2) is 20.9. The highest BCUT2D eigenvalue weighted by Crippen LogP contribution is 2.60. The van der Waals surface area contributed by atoms with E-state index in [1.165, 1.54) is 70.6 Å². The van der Waals surface area contributed by atoms with Crippen LogP contribution in [0.1, 0.15) is 143 Å². The van der Waals surface area contributed by atoms with Crippen LogP contribution in [0.2, 0.25) is 0 Å². The maximum Gasteiger partial charge on any atom is 0.0611 e. The summed E-state index contributed by atoms with van der Waals surface area (Å²) in [6, 6.07) is 0. The Labute approximate surface area is 272 Å². The molecule has 0 bridgehead atoms. The summed E-state index contributed by atoms with van der Waals surface area (Å²) in [5, 5.41) is 15.4. The minimum atomic E-state index is -0.218. The van der Waals surface area contributed by atoms with Gasteiger partial charge in [0.25, 0.3) is 0 Å². The lowest BCUT2D eigenvalue weighted by molar-refractivity contribution is -0.165. The Balaban J connectivity index is 1.59. The van der Waals surface area contributed by atoms with Crippen molar-refractivity contribution in [2.24, 2.45) is 52.4 Å². The van der Waals surface area contributed by atoms with Crippen LogP contribution in [0, 0.1) is 40.9 Å². The molecule has 260 valence electrons. The zero-order chi connectivity index (χ0) is 31.8. The molecule has 0 heterocycles. The van der Waals surface area contributed by atoms with Crippen molar-refractivity contribution in [3.63, 3.8) is 0 Å². The normalized spacial score (nSPS) is 35.2. The van der Waals surface area contributed by atoms with Gasteiger partial charge >= 0.3 is 0 Å². The van der Waals surface area contributed by atoms with Gasteiger partial charge in [0.2, 0.25) is 0 Å². The summed E-state index contributed by atoms with van der Waals surface area (Å²) in [4.78, 5) is 0. The molecular formula is C38H75N3O3. The first-order valence-electron chi connectivity index (χ1n) is 19.4. The Bertz CT molecular complexity index is 740. The lowest BCUT2D eigenvalue weighted by atomic mass is 9.49. The van der Waals surface area contributed by atoms with Crippen LogP contribution in [0.5, 0.6) is 0 Å². The van der Waals surface area contributed by atoms with Crippen molar-refractivity contribution in [2.75, 3.05) is 39.4 Å². The van der Waals surface area contributed by atoms with Gasteiger partial charge < -0.3 is 31.4 Å². The first-order valence-corrected chi connectivity index (χ1v) is 19.4. The summed E-state index contributed by atoms with van der Waals surface area (Å²) >= 11 is 0. The van der Waals surface area contributed by atoms with Crippen LogP contribution in [0.15, 0.2) is 0 Å². The molecule has 0 radical (unpaired) electrons. The predicted molar refractivity (Wildman–Crippen MR) is 186 cm³/mol. The molecule has 0 aromatic heterocycles. The van der Waals surface area contributed by atoms with E-state index in [0.29, 0.717) is 54.7 Å². The highest BCUT2D eigenvalue weighted by atomic mass is 16.5. The number of rotatable bonds is 20. The summed E-state index contributed by atoms with van der Waals surface area (Å²) in [5.41, 5.74) is 11.9. The molecule has 44 heavy (non-hydrogen) atoms. The summed E-state index contributed by atoms with van der Waals surface area (Å²) in [6.45, 7) is 15.0. The lowest BCUT2D eigenvalue weighted by Gasteiger charge is -2.59. The van der Waals surface area contributed by atoms with Gasteiger partial charge in [-0.15, -0.1) is 0 Å². The number of hydrogen-bond donors (Lipinski definition) is 4. The van der Waals surface area contributed by atoms with Crippen molar-refractivity contribution in [2.45, 2.75) is 162 Å². The largest absolute Gasteiger partial charge is 0.393 e. The molecule has 6 nitrogen and oxygen atoms in total. The van der Waals surface area contributed by atoms with Crippen molar-refractivity contribution < 1.29 is 14.6 Å². The van der Waals surface area contributed by atoms with Crippen LogP contribution in [0.4, 0.5) is 0 Å². The fourth-order valence-electron chi connectivity index (χ4n) is 9.52. The Kier molecular flexibility index (Phi) is 18.1. The zero-order valence-electron chi connectivity index (χ0n) is 29.6. The lowest BCUT2D eigenvalue weighted by Crippen LogP contribution is -2.55. The number of nitrogens with two attached hydrogens (primary N) is 2. The van der Waals surface area contributed by atoms with Gasteiger partial charge in [-0.1, -0.05) is 66.2 Å². The first-order chi connectivity index (χ1) is 21.3. The average Bonchev–Trinajstić information content (AvgIpc) is 3.07. The van der Waals surface area contributed by atoms with Gasteiger partial charge in [0.15, 0.2) is 0 Å². The summed E-state index contributed by atoms with van der Waals surface area (Å²) in [7, 11) is 0. The molecule has 6 N–H and O–H groups in total. The second-order valence-electron chi connectivity index (χ2n) is 15.7. The van der Waals surface area contributed by atoms with Crippen LogP contribution in [0.25, 0.3) is 0 Å². The number of hydrogen-bond acceptors (Lipinski definition) is 6. The van der Waals surface area contributed by atoms with Gasteiger partial charge in [0, 0.05) is 13.2 Å². The zero-order valence-corrected chi connectivity index (χ0v) is 29.6. The number of unbranched alkanes of at least 4 members (excludes halogenated alkanes) is 5. The summed E-state index contributed by atoms with van der Waals surface area (Å²) < 4.78 is 13.1. The fourth-order valence-corrected chi connectivity index (χ4v) is 9.52. The molecule has 0 amide bonds. The van der Waals surface area contributed by atoms with Crippen molar-refractivity contribution in [3.05, 3.63) is 0 Å². The van der Waals surface area contributed by atoms with E-state index in [1.807, 2.05) is 0 Å². The van der Waals surface area contributed by atoms with Gasteiger partial charge in [-0.05, 0) is 144 Å². The predicted octanol–water partition coefficient (Wildman–Crippen LogP) is 7.45. The molecule has 3 fully saturated rings. The maximum atomic E-state index is 11.7. The minimum absolute atomic E-state index is 0.218. The number of fused-ring (bicyclic) bond motifs is 3. The average molecular weight is 622 g/mol. The van der Waals surface area contributed by atoms with Crippen LogP contribution >= 0.6 is 0 Å². The summed E-state index contributed by atoms with van der Waals surface area (Å²) in [6.07, 6.45) is 21.9. The van der Waals surface area contributed by atoms with Gasteiger partial charge in [-0.2, -0.15) is 0 Å². The Hall–Kier alpha value is -0.240. The molecular weight excluding hydrogens is 546 g/mol. The number of aliphatic hydroxyl groups is 1. The van der Waals surface area contributed by atoms with E-state index in [0.717, 1.165) is 71.2 Å². The minimum Gasteiger partial charge on any atom is -0.393 e. The third kappa shape index (κ3) is 11.8. The molecule has 0 aromatic carbocycles. The third-order valence-electron chi connectivity index (χ3n) is 12.4. The SMILES string of the molecule is CCCCCCCCNCCC[C@@H](C)C1CC[C@H](C)C2[C@H](OCCCN)CC3C[C@H](OCCCN)CCC3(C)[C@H]2C[C@H](O)C1. The monoisotopic (exact) mass is 622 g/mol. The van der Waals surface area contributed by atoms with Crippen molar-refractivity contribution >= 4 is 0 Å². The van der Waals surface area contributed by atoms with Gasteiger partial charge in [0.1, 0.15) is 0 Å². The molecule has 4 unspecified atom stereocenters. The Morgan fingerprint density at radius 1 is 0.841 bits per heavy atom. The third-order valence-corrected chi connectivity index (χ3v) is 12.4. The van der Waals surface area contributed by atoms with E-state index in [1.54, 1.807) is 0 Å². The highest BCUT2D eigenvalue weighted by molar-refractivity contribution is 5.05. The van der Waals surface area contributed by atoms with Gasteiger partial charge in [-0.3, -0.25) is 0 Å². The number of aliphatic hydroxyl groups excluding tert-OH is 1. The van der Waals surface area contributed by atoms with Crippen molar-refractivity contribution in [1.29, 1.82) is 0 Å². The topological polar surface area (TPSA) is 103 Å². The number of nitrogens with one attached hydrogen (secondary N) is 1. The van der Waals surface area contributed by atoms with E-state index in [4.69, 9.17) is 20.9 Å². The molecule has 0 spiro atoms. The van der Waals surface area contributed by atoms with E-state index in [2.05, 4.69) is 33.0 Å². The molecule has 6 heteroatoms. The standard InChI is InChI=1S/C38H75N3O3/c1-5-6-7-8-9-10-21-41-22-11-14-29(2)31-16-15-30(3)37-35(28-33(42)25-31)38(4)18-17-34(43-23-12-19-39)26-32(38)27-36(37)44-24-13-20-40/h29-37,41-42H,5-28,39-40H2,1-4H3/t29-,30+,31?,32?,33-,34-,35+,36-,37?,38?/m1/s1. The van der Waals surface area contributed by atoms with E-state index >= 15 is 0 Å².